The van der Waals surface area contributed by atoms with Crippen molar-refractivity contribution in [1.82, 2.24) is 24.8 Å². The van der Waals surface area contributed by atoms with Gasteiger partial charge in [-0.2, -0.15) is 13.2 Å². The topological polar surface area (TPSA) is 100 Å². The summed E-state index contributed by atoms with van der Waals surface area (Å²) in [6.07, 6.45) is -2.82. The predicted octanol–water partition coefficient (Wildman–Crippen LogP) is 5.05. The first kappa shape index (κ1) is 29.4. The highest BCUT2D eigenvalue weighted by atomic mass is 35.5. The van der Waals surface area contributed by atoms with Crippen LogP contribution in [0.2, 0.25) is 5.02 Å². The van der Waals surface area contributed by atoms with Crippen LogP contribution in [0.1, 0.15) is 25.0 Å². The van der Waals surface area contributed by atoms with E-state index in [0.29, 0.717) is 27.4 Å². The van der Waals surface area contributed by atoms with Crippen molar-refractivity contribution in [2.24, 2.45) is 5.41 Å². The summed E-state index contributed by atoms with van der Waals surface area (Å²) in [5.41, 5.74) is 2.56. The average Bonchev–Trinajstić information content (AvgIpc) is 3.31. The largest absolute Gasteiger partial charge is 0.490 e. The smallest absolute Gasteiger partial charge is 0.475 e. The molecule has 0 bridgehead atoms. The fraction of sp³-hybridized carbons (Fsp3) is 0.385. The van der Waals surface area contributed by atoms with E-state index in [1.54, 1.807) is 29.1 Å². The summed E-state index contributed by atoms with van der Waals surface area (Å²) >= 11 is 6.03. The molecule has 0 radical (unpaired) electrons. The molecule has 214 valence electrons. The number of piperidine rings is 1. The summed E-state index contributed by atoms with van der Waals surface area (Å²) in [7, 11) is 0. The van der Waals surface area contributed by atoms with Crippen LogP contribution in [0.15, 0.2) is 48.9 Å². The molecular formula is C26H25ClF5N5O3. The number of hydrogen-bond acceptors (Lipinski definition) is 5. The highest BCUT2D eigenvalue weighted by Crippen LogP contribution is 2.36. The quantitative estimate of drug-likeness (QED) is 0.407. The maximum atomic E-state index is 13.3. The Hall–Kier alpha value is -3.58. The van der Waals surface area contributed by atoms with Crippen molar-refractivity contribution in [3.8, 4) is 22.5 Å². The monoisotopic (exact) mass is 585 g/mol. The number of likely N-dealkylation sites (tertiary alicyclic amines) is 1. The maximum absolute atomic E-state index is 13.3. The Balaban J connectivity index is 0.000000470. The van der Waals surface area contributed by atoms with Crippen LogP contribution in [-0.2, 0) is 16.1 Å². The number of aliphatic carboxylic acids is 1. The van der Waals surface area contributed by atoms with Crippen molar-refractivity contribution >= 4 is 23.5 Å². The fourth-order valence-corrected chi connectivity index (χ4v) is 4.77. The Bertz CT molecular complexity index is 1350. The van der Waals surface area contributed by atoms with E-state index < -0.39 is 18.6 Å². The molecule has 2 aliphatic heterocycles. The van der Waals surface area contributed by atoms with Gasteiger partial charge in [-0.25, -0.2) is 18.6 Å². The molecule has 1 amide bonds. The van der Waals surface area contributed by atoms with Gasteiger partial charge in [-0.15, -0.1) is 0 Å². The van der Waals surface area contributed by atoms with E-state index in [1.807, 2.05) is 17.0 Å². The minimum atomic E-state index is -5.08. The third-order valence-electron chi connectivity index (χ3n) is 6.96. The number of carboxylic acid groups (broad SMARTS) is 1. The molecule has 4 heterocycles. The first-order valence-electron chi connectivity index (χ1n) is 12.2. The minimum absolute atomic E-state index is 0.00146. The zero-order chi connectivity index (χ0) is 29.1. The van der Waals surface area contributed by atoms with E-state index in [4.69, 9.17) is 21.5 Å². The lowest BCUT2D eigenvalue weighted by Gasteiger charge is -2.48. The molecule has 14 heteroatoms. The normalized spacial score (nSPS) is 16.3. The van der Waals surface area contributed by atoms with Gasteiger partial charge in [0.2, 0.25) is 5.91 Å². The van der Waals surface area contributed by atoms with Gasteiger partial charge in [0.05, 0.1) is 17.7 Å². The van der Waals surface area contributed by atoms with Gasteiger partial charge in [0.25, 0.3) is 6.43 Å². The molecule has 2 fully saturated rings. The number of halogens is 6. The number of alkyl halides is 5. The standard InChI is InChI=1S/C24H24ClF2N5O.C2HF3O2/c25-18-3-1-16(2-4-18)21-22(17-5-8-29-19(11-17)23(26)27)32(15-30-21)12-20(33)31-9-6-24(7-10-31)13-28-14-24;3-2(4,5)1(6)7/h1-5,8,11,15,23,28H,6-7,9-10,12-14H2;(H,6,7). The van der Waals surface area contributed by atoms with Crippen LogP contribution < -0.4 is 5.32 Å². The van der Waals surface area contributed by atoms with E-state index >= 15 is 0 Å². The van der Waals surface area contributed by atoms with Crippen LogP contribution in [0.25, 0.3) is 22.5 Å². The summed E-state index contributed by atoms with van der Waals surface area (Å²) in [6.45, 7) is 3.62. The Morgan fingerprint density at radius 1 is 1.05 bits per heavy atom. The van der Waals surface area contributed by atoms with Gasteiger partial charge >= 0.3 is 12.1 Å². The fourth-order valence-electron chi connectivity index (χ4n) is 4.65. The molecule has 0 aliphatic carbocycles. The van der Waals surface area contributed by atoms with Crippen LogP contribution in [-0.4, -0.2) is 68.8 Å². The second-order valence-electron chi connectivity index (χ2n) is 9.63. The summed E-state index contributed by atoms with van der Waals surface area (Å²) in [6, 6.07) is 10.2. The molecule has 2 saturated heterocycles. The van der Waals surface area contributed by atoms with E-state index in [1.165, 1.54) is 12.3 Å². The molecular weight excluding hydrogens is 561 g/mol. The Kier molecular flexibility index (Phi) is 8.74. The lowest BCUT2D eigenvalue weighted by molar-refractivity contribution is -0.192. The van der Waals surface area contributed by atoms with Gasteiger partial charge in [-0.05, 0) is 42.5 Å². The third-order valence-corrected chi connectivity index (χ3v) is 7.21. The Morgan fingerprint density at radius 3 is 2.20 bits per heavy atom. The van der Waals surface area contributed by atoms with Crippen molar-refractivity contribution in [2.75, 3.05) is 26.2 Å². The van der Waals surface area contributed by atoms with Gasteiger partial charge in [0.15, 0.2) is 0 Å². The summed E-state index contributed by atoms with van der Waals surface area (Å²) < 4.78 is 60.2. The SMILES string of the molecule is O=C(Cn1cnc(-c2ccc(Cl)cc2)c1-c1ccnc(C(F)F)c1)N1CCC2(CC1)CNC2.O=C(O)C(F)(F)F. The van der Waals surface area contributed by atoms with Crippen LogP contribution in [0.5, 0.6) is 0 Å². The van der Waals surface area contributed by atoms with E-state index in [-0.39, 0.29) is 18.1 Å². The van der Waals surface area contributed by atoms with Gasteiger partial charge < -0.3 is 19.9 Å². The Morgan fingerprint density at radius 2 is 1.68 bits per heavy atom. The molecule has 2 aromatic heterocycles. The van der Waals surface area contributed by atoms with Gasteiger partial charge in [0, 0.05) is 48.5 Å². The van der Waals surface area contributed by atoms with Crippen LogP contribution >= 0.6 is 11.6 Å². The minimum Gasteiger partial charge on any atom is -0.475 e. The zero-order valence-corrected chi connectivity index (χ0v) is 21.7. The predicted molar refractivity (Wildman–Crippen MR) is 136 cm³/mol. The highest BCUT2D eigenvalue weighted by molar-refractivity contribution is 6.30. The van der Waals surface area contributed by atoms with Gasteiger partial charge in [0.1, 0.15) is 12.2 Å². The number of imidazole rings is 1. The van der Waals surface area contributed by atoms with Gasteiger partial charge in [-0.3, -0.25) is 9.78 Å². The molecule has 40 heavy (non-hydrogen) atoms. The summed E-state index contributed by atoms with van der Waals surface area (Å²) in [5.74, 6) is -2.76. The number of carboxylic acids is 1. The number of amides is 1. The Labute approximate surface area is 230 Å². The maximum Gasteiger partial charge on any atom is 0.490 e. The second-order valence-corrected chi connectivity index (χ2v) is 10.1. The molecule has 5 rings (SSSR count). The first-order valence-corrected chi connectivity index (χ1v) is 12.6. The van der Waals surface area contributed by atoms with Gasteiger partial charge in [-0.1, -0.05) is 23.7 Å². The van der Waals surface area contributed by atoms with Crippen molar-refractivity contribution < 1.29 is 36.6 Å². The number of nitrogens with one attached hydrogen (secondary N) is 1. The number of pyridine rings is 1. The first-order chi connectivity index (χ1) is 18.9. The number of carbonyl (C=O) groups excluding carboxylic acids is 1. The number of carbonyl (C=O) groups is 2. The molecule has 8 nitrogen and oxygen atoms in total. The van der Waals surface area contributed by atoms with E-state index in [9.17, 15) is 26.7 Å². The van der Waals surface area contributed by atoms with Crippen molar-refractivity contribution in [1.29, 1.82) is 0 Å². The zero-order valence-electron chi connectivity index (χ0n) is 21.0. The van der Waals surface area contributed by atoms with E-state index in [2.05, 4.69) is 15.3 Å². The molecule has 2 aliphatic rings. The number of hydrogen-bond donors (Lipinski definition) is 2. The molecule has 1 aromatic carbocycles. The van der Waals surface area contributed by atoms with E-state index in [0.717, 1.165) is 44.6 Å². The lowest BCUT2D eigenvalue weighted by atomic mass is 9.73. The number of nitrogens with zero attached hydrogens (tertiary/aromatic N) is 4. The number of benzene rings is 1. The molecule has 3 aromatic rings. The van der Waals surface area contributed by atoms with Crippen LogP contribution in [0.3, 0.4) is 0 Å². The molecule has 2 N–H and O–H groups in total. The van der Waals surface area contributed by atoms with Crippen LogP contribution in [0.4, 0.5) is 22.0 Å². The van der Waals surface area contributed by atoms with Crippen molar-refractivity contribution in [3.63, 3.8) is 0 Å². The van der Waals surface area contributed by atoms with Crippen molar-refractivity contribution in [2.45, 2.75) is 32.0 Å². The molecule has 0 saturated carbocycles. The lowest BCUT2D eigenvalue weighted by Crippen LogP contribution is -2.59. The highest BCUT2D eigenvalue weighted by Gasteiger charge is 2.40. The summed E-state index contributed by atoms with van der Waals surface area (Å²) in [5, 5.41) is 11.0. The summed E-state index contributed by atoms with van der Waals surface area (Å²) in [4.78, 5) is 32.3. The number of aromatic nitrogens is 3. The van der Waals surface area contributed by atoms with Crippen molar-refractivity contribution in [3.05, 3.63) is 59.6 Å². The third kappa shape index (κ3) is 6.76. The van der Waals surface area contributed by atoms with Crippen LogP contribution in [0, 0.1) is 5.41 Å². The second kappa shape index (κ2) is 11.9. The molecule has 0 unspecified atom stereocenters. The number of rotatable bonds is 5. The molecule has 1 spiro atoms. The molecule has 0 atom stereocenters. The average molecular weight is 586 g/mol.